The number of anilines is 2. The summed E-state index contributed by atoms with van der Waals surface area (Å²) in [6, 6.07) is 12.7. The normalized spacial score (nSPS) is 14.5. The molecule has 114 valence electrons. The molecule has 0 saturated heterocycles. The molecule has 1 aliphatic heterocycles. The molecule has 1 N–H and O–H groups in total. The lowest BCUT2D eigenvalue weighted by Crippen LogP contribution is -2.32. The molecular weight excluding hydrogens is 333 g/mol. The molecule has 2 aromatic rings. The van der Waals surface area contributed by atoms with E-state index < -0.39 is 11.5 Å². The third kappa shape index (κ3) is 3.33. The number of benzene rings is 2. The van der Waals surface area contributed by atoms with Gasteiger partial charge in [-0.2, -0.15) is 13.2 Å². The number of rotatable bonds is 2. The maximum Gasteiger partial charge on any atom is 0.446 e. The second-order valence-corrected chi connectivity index (χ2v) is 6.48. The smallest absolute Gasteiger partial charge is 0.306 e. The second kappa shape index (κ2) is 5.77. The Morgan fingerprint density at radius 3 is 2.64 bits per heavy atom. The molecule has 2 amide bonds. The third-order valence-corrected chi connectivity index (χ3v) is 4.62. The second-order valence-electron chi connectivity index (χ2n) is 4.36. The number of nitrogens with one attached hydrogen (secondary N) is 1. The summed E-state index contributed by atoms with van der Waals surface area (Å²) in [5.41, 5.74) is -3.27. The molecule has 0 radical (unpaired) electrons. The number of halogens is 3. The van der Waals surface area contributed by atoms with Crippen molar-refractivity contribution in [3.05, 3.63) is 48.5 Å². The first-order valence-electron chi connectivity index (χ1n) is 6.16. The van der Waals surface area contributed by atoms with Crippen molar-refractivity contribution < 1.29 is 18.0 Å². The van der Waals surface area contributed by atoms with Crippen LogP contribution < -0.4 is 9.62 Å². The lowest BCUT2D eigenvalue weighted by Gasteiger charge is -2.28. The molecule has 0 aliphatic carbocycles. The Hall–Kier alpha value is -1.80. The Bertz CT molecular complexity index is 721. The van der Waals surface area contributed by atoms with Gasteiger partial charge in [-0.25, -0.2) is 9.10 Å². The van der Waals surface area contributed by atoms with Crippen molar-refractivity contribution in [2.75, 3.05) is 9.62 Å². The van der Waals surface area contributed by atoms with Gasteiger partial charge in [0.2, 0.25) is 0 Å². The molecule has 0 aromatic heterocycles. The average Bonchev–Trinajstić information content (AvgIpc) is 2.45. The van der Waals surface area contributed by atoms with Crippen molar-refractivity contribution in [1.29, 1.82) is 0 Å². The van der Waals surface area contributed by atoms with Gasteiger partial charge in [-0.3, -0.25) is 0 Å². The Morgan fingerprint density at radius 2 is 1.86 bits per heavy atom. The molecule has 1 heterocycles. The van der Waals surface area contributed by atoms with E-state index in [-0.39, 0.29) is 16.7 Å². The number of amides is 2. The zero-order chi connectivity index (χ0) is 15.7. The molecule has 0 bridgehead atoms. The maximum atomic E-state index is 12.5. The quantitative estimate of drug-likeness (QED) is 0.589. The fourth-order valence-electron chi connectivity index (χ4n) is 1.93. The molecule has 0 fully saturated rings. The van der Waals surface area contributed by atoms with Gasteiger partial charge in [-0.05, 0) is 54.0 Å². The van der Waals surface area contributed by atoms with E-state index in [1.54, 1.807) is 18.2 Å². The van der Waals surface area contributed by atoms with Crippen molar-refractivity contribution in [2.24, 2.45) is 0 Å². The average molecular weight is 342 g/mol. The maximum absolute atomic E-state index is 12.5. The van der Waals surface area contributed by atoms with Gasteiger partial charge in [0.1, 0.15) is 0 Å². The summed E-state index contributed by atoms with van der Waals surface area (Å²) in [6.45, 7) is 0. The third-order valence-electron chi connectivity index (χ3n) is 2.79. The van der Waals surface area contributed by atoms with E-state index in [0.717, 1.165) is 4.90 Å². The van der Waals surface area contributed by atoms with Crippen molar-refractivity contribution in [3.8, 4) is 0 Å². The predicted molar refractivity (Wildman–Crippen MR) is 82.2 cm³/mol. The molecule has 2 aromatic carbocycles. The van der Waals surface area contributed by atoms with Crippen LogP contribution in [0.1, 0.15) is 0 Å². The Balaban J connectivity index is 1.88. The summed E-state index contributed by atoms with van der Waals surface area (Å²) < 4.78 is 38.7. The highest BCUT2D eigenvalue weighted by molar-refractivity contribution is 8.01. The molecule has 0 unspecified atom stereocenters. The van der Waals surface area contributed by atoms with E-state index in [4.69, 9.17) is 0 Å². The summed E-state index contributed by atoms with van der Waals surface area (Å²) >= 11 is 0.974. The van der Waals surface area contributed by atoms with Crippen molar-refractivity contribution in [3.63, 3.8) is 0 Å². The Labute approximate surface area is 133 Å². The monoisotopic (exact) mass is 342 g/mol. The number of carbonyl (C=O) groups excluding carboxylic acids is 1. The highest BCUT2D eigenvalue weighted by Crippen LogP contribution is 2.41. The number of carbonyl (C=O) groups is 1. The van der Waals surface area contributed by atoms with Crippen molar-refractivity contribution in [1.82, 2.24) is 0 Å². The first-order valence-corrected chi connectivity index (χ1v) is 7.75. The van der Waals surface area contributed by atoms with Gasteiger partial charge in [0.15, 0.2) is 0 Å². The summed E-state index contributed by atoms with van der Waals surface area (Å²) in [5.74, 6) is 0. The molecule has 0 saturated carbocycles. The number of para-hydroxylation sites is 1. The number of hydrogen-bond donors (Lipinski definition) is 1. The number of hydrogen-bond acceptors (Lipinski definition) is 3. The van der Waals surface area contributed by atoms with Gasteiger partial charge < -0.3 is 5.32 Å². The minimum atomic E-state index is -4.36. The van der Waals surface area contributed by atoms with Crippen LogP contribution in [0.25, 0.3) is 0 Å². The first kappa shape index (κ1) is 15.1. The number of alkyl halides is 3. The highest BCUT2D eigenvalue weighted by Gasteiger charge is 2.30. The minimum absolute atomic E-state index is 0.0391. The summed E-state index contributed by atoms with van der Waals surface area (Å²) in [7, 11) is 0. The van der Waals surface area contributed by atoms with Crippen LogP contribution in [-0.2, 0) is 0 Å². The number of urea groups is 1. The van der Waals surface area contributed by atoms with Gasteiger partial charge >= 0.3 is 11.5 Å². The van der Waals surface area contributed by atoms with E-state index in [0.29, 0.717) is 11.4 Å². The number of thioether (sulfide) groups is 1. The van der Waals surface area contributed by atoms with Crippen LogP contribution in [0.15, 0.2) is 58.3 Å². The highest BCUT2D eigenvalue weighted by atomic mass is 32.2. The summed E-state index contributed by atoms with van der Waals surface area (Å²) in [5, 5.41) is 2.71. The molecule has 1 aliphatic rings. The van der Waals surface area contributed by atoms with Crippen molar-refractivity contribution in [2.45, 2.75) is 15.3 Å². The number of fused-ring (bicyclic) bond motifs is 1. The standard InChI is InChI=1S/C14H9F3N2OS2/c15-14(16,17)21-10-5-3-4-9(8-10)19-13(20)18-11-6-1-2-7-12(11)22-19/h1-8H,(H,18,20). The van der Waals surface area contributed by atoms with Crippen LogP contribution in [0.2, 0.25) is 0 Å². The Morgan fingerprint density at radius 1 is 1.09 bits per heavy atom. The van der Waals surface area contributed by atoms with Gasteiger partial charge in [0.25, 0.3) is 0 Å². The van der Waals surface area contributed by atoms with Gasteiger partial charge in [0, 0.05) is 4.90 Å². The van der Waals surface area contributed by atoms with Crippen LogP contribution in [0.4, 0.5) is 29.3 Å². The molecular formula is C14H9F3N2OS2. The van der Waals surface area contributed by atoms with Crippen LogP contribution in [-0.4, -0.2) is 11.5 Å². The molecule has 8 heteroatoms. The fraction of sp³-hybridized carbons (Fsp3) is 0.0714. The topological polar surface area (TPSA) is 32.3 Å². The summed E-state index contributed by atoms with van der Waals surface area (Å²) in [6.07, 6.45) is 0. The van der Waals surface area contributed by atoms with Gasteiger partial charge in [-0.1, -0.05) is 18.2 Å². The molecule has 3 nitrogen and oxygen atoms in total. The molecule has 0 atom stereocenters. The molecule has 0 spiro atoms. The number of nitrogens with zero attached hydrogens (tertiary/aromatic N) is 1. The lowest BCUT2D eigenvalue weighted by molar-refractivity contribution is -0.0328. The van der Waals surface area contributed by atoms with E-state index in [2.05, 4.69) is 5.32 Å². The zero-order valence-corrected chi connectivity index (χ0v) is 12.6. The van der Waals surface area contributed by atoms with Crippen LogP contribution in [0.3, 0.4) is 0 Å². The fourth-order valence-corrected chi connectivity index (χ4v) is 3.43. The molecule has 3 rings (SSSR count). The zero-order valence-electron chi connectivity index (χ0n) is 10.9. The Kier molecular flexibility index (Phi) is 3.96. The largest absolute Gasteiger partial charge is 0.446 e. The molecule has 22 heavy (non-hydrogen) atoms. The SMILES string of the molecule is O=C1Nc2ccccc2SN1c1cccc(SC(F)(F)F)c1. The van der Waals surface area contributed by atoms with Crippen LogP contribution in [0, 0.1) is 0 Å². The lowest BCUT2D eigenvalue weighted by atomic mass is 10.3. The van der Waals surface area contributed by atoms with Crippen LogP contribution in [0.5, 0.6) is 0 Å². The first-order chi connectivity index (χ1) is 10.4. The van der Waals surface area contributed by atoms with Crippen molar-refractivity contribution >= 4 is 41.1 Å². The summed E-state index contributed by atoms with van der Waals surface area (Å²) in [4.78, 5) is 13.0. The van der Waals surface area contributed by atoms with E-state index in [9.17, 15) is 18.0 Å². The van der Waals surface area contributed by atoms with E-state index >= 15 is 0 Å². The minimum Gasteiger partial charge on any atom is -0.306 e. The van der Waals surface area contributed by atoms with Gasteiger partial charge in [0.05, 0.1) is 16.3 Å². The van der Waals surface area contributed by atoms with E-state index in [1.807, 2.05) is 12.1 Å². The van der Waals surface area contributed by atoms with Gasteiger partial charge in [-0.15, -0.1) is 0 Å². The van der Waals surface area contributed by atoms with E-state index in [1.165, 1.54) is 34.5 Å². The predicted octanol–water partition coefficient (Wildman–Crippen LogP) is 5.36. The van der Waals surface area contributed by atoms with Crippen LogP contribution >= 0.6 is 23.7 Å².